The maximum atomic E-state index is 12.1. The topological polar surface area (TPSA) is 79.3 Å². The third-order valence-corrected chi connectivity index (χ3v) is 2.79. The average molecular weight is 270 g/mol. The van der Waals surface area contributed by atoms with Gasteiger partial charge in [0.1, 0.15) is 0 Å². The third-order valence-electron chi connectivity index (χ3n) is 2.79. The number of carboxylic acid groups (broad SMARTS) is 1. The number of pyridine rings is 1. The highest BCUT2D eigenvalue weighted by Crippen LogP contribution is 2.14. The Morgan fingerprint density at radius 3 is 2.50 bits per heavy atom. The van der Waals surface area contributed by atoms with Gasteiger partial charge in [-0.2, -0.15) is 0 Å². The zero-order valence-corrected chi connectivity index (χ0v) is 10.9. The Balaban J connectivity index is 2.21. The number of hydrogen-bond donors (Lipinski definition) is 2. The van der Waals surface area contributed by atoms with Gasteiger partial charge in [-0.05, 0) is 24.1 Å². The van der Waals surface area contributed by atoms with Crippen LogP contribution in [0.4, 0.5) is 0 Å². The van der Waals surface area contributed by atoms with Gasteiger partial charge in [0.2, 0.25) is 0 Å². The average Bonchev–Trinajstić information content (AvgIpc) is 2.45. The van der Waals surface area contributed by atoms with E-state index in [4.69, 9.17) is 0 Å². The van der Waals surface area contributed by atoms with E-state index in [1.807, 2.05) is 6.92 Å². The number of carbonyl (C=O) groups excluding carboxylic acids is 1. The smallest absolute Gasteiger partial charge is 0.330 e. The first-order chi connectivity index (χ1) is 9.58. The van der Waals surface area contributed by atoms with Crippen LogP contribution in [0.15, 0.2) is 48.8 Å². The van der Waals surface area contributed by atoms with Crippen molar-refractivity contribution >= 4 is 11.9 Å². The van der Waals surface area contributed by atoms with Crippen molar-refractivity contribution in [2.45, 2.75) is 13.0 Å². The first-order valence-corrected chi connectivity index (χ1v) is 6.08. The molecule has 2 rings (SSSR count). The molecule has 5 nitrogen and oxygen atoms in total. The van der Waals surface area contributed by atoms with Gasteiger partial charge in [-0.1, -0.05) is 30.3 Å². The molecule has 0 fully saturated rings. The molecular weight excluding hydrogens is 256 g/mol. The van der Waals surface area contributed by atoms with Gasteiger partial charge in [0.05, 0.1) is 5.56 Å². The van der Waals surface area contributed by atoms with E-state index >= 15 is 0 Å². The molecule has 0 bridgehead atoms. The van der Waals surface area contributed by atoms with E-state index < -0.39 is 17.9 Å². The van der Waals surface area contributed by atoms with E-state index in [0.717, 1.165) is 5.56 Å². The van der Waals surface area contributed by atoms with Crippen molar-refractivity contribution in [3.8, 4) is 0 Å². The van der Waals surface area contributed by atoms with Crippen molar-refractivity contribution in [2.75, 3.05) is 0 Å². The maximum absolute atomic E-state index is 12.1. The summed E-state index contributed by atoms with van der Waals surface area (Å²) in [5.41, 5.74) is 1.70. The van der Waals surface area contributed by atoms with Crippen LogP contribution in [-0.4, -0.2) is 22.0 Å². The molecule has 0 radical (unpaired) electrons. The van der Waals surface area contributed by atoms with E-state index in [2.05, 4.69) is 10.3 Å². The SMILES string of the molecule is Cc1cncc(C(=O)NC(C(=O)O)c2ccccc2)c1. The number of carboxylic acids is 1. The maximum Gasteiger partial charge on any atom is 0.330 e. The first-order valence-electron chi connectivity index (χ1n) is 6.08. The molecule has 0 spiro atoms. The summed E-state index contributed by atoms with van der Waals surface area (Å²) in [5, 5.41) is 11.7. The lowest BCUT2D eigenvalue weighted by Crippen LogP contribution is -2.33. The fraction of sp³-hybridized carbons (Fsp3) is 0.133. The summed E-state index contributed by atoms with van der Waals surface area (Å²) in [4.78, 5) is 27.3. The normalized spacial score (nSPS) is 11.7. The molecule has 0 aliphatic carbocycles. The first kappa shape index (κ1) is 13.7. The number of benzene rings is 1. The second kappa shape index (κ2) is 5.97. The second-order valence-electron chi connectivity index (χ2n) is 4.41. The Bertz CT molecular complexity index is 626. The summed E-state index contributed by atoms with van der Waals surface area (Å²) in [6.45, 7) is 1.82. The van der Waals surface area contributed by atoms with Crippen LogP contribution in [-0.2, 0) is 4.79 Å². The standard InChI is InChI=1S/C15H14N2O3/c1-10-7-12(9-16-8-10)14(18)17-13(15(19)20)11-5-3-2-4-6-11/h2-9,13H,1H3,(H,17,18)(H,19,20). The molecule has 20 heavy (non-hydrogen) atoms. The van der Waals surface area contributed by atoms with Gasteiger partial charge >= 0.3 is 5.97 Å². The van der Waals surface area contributed by atoms with Crippen molar-refractivity contribution in [3.63, 3.8) is 0 Å². The van der Waals surface area contributed by atoms with Crippen LogP contribution < -0.4 is 5.32 Å². The largest absolute Gasteiger partial charge is 0.479 e. The molecule has 1 unspecified atom stereocenters. The van der Waals surface area contributed by atoms with E-state index in [0.29, 0.717) is 11.1 Å². The molecule has 0 saturated carbocycles. The Kier molecular flexibility index (Phi) is 4.10. The Morgan fingerprint density at radius 1 is 1.20 bits per heavy atom. The zero-order chi connectivity index (χ0) is 14.5. The molecule has 1 atom stereocenters. The molecule has 2 aromatic rings. The molecule has 0 aliphatic rings. The number of rotatable bonds is 4. The summed E-state index contributed by atoms with van der Waals surface area (Å²) >= 11 is 0. The van der Waals surface area contributed by atoms with Gasteiger partial charge in [-0.15, -0.1) is 0 Å². The molecular formula is C15H14N2O3. The minimum absolute atomic E-state index is 0.340. The lowest BCUT2D eigenvalue weighted by molar-refractivity contribution is -0.139. The Labute approximate surface area is 116 Å². The number of aromatic nitrogens is 1. The number of aryl methyl sites for hydroxylation is 1. The predicted molar refractivity (Wildman–Crippen MR) is 73.3 cm³/mol. The van der Waals surface area contributed by atoms with Crippen LogP contribution in [0, 0.1) is 6.92 Å². The Hall–Kier alpha value is -2.69. The minimum Gasteiger partial charge on any atom is -0.479 e. The summed E-state index contributed by atoms with van der Waals surface area (Å²) in [6, 6.07) is 9.14. The van der Waals surface area contributed by atoms with Crippen molar-refractivity contribution < 1.29 is 14.7 Å². The fourth-order valence-electron chi connectivity index (χ4n) is 1.83. The highest BCUT2D eigenvalue weighted by atomic mass is 16.4. The number of nitrogens with zero attached hydrogens (tertiary/aromatic N) is 1. The summed E-state index contributed by atoms with van der Waals surface area (Å²) in [5.74, 6) is -1.57. The van der Waals surface area contributed by atoms with E-state index in [1.54, 1.807) is 42.6 Å². The number of nitrogens with one attached hydrogen (secondary N) is 1. The van der Waals surface area contributed by atoms with Crippen LogP contribution in [0.3, 0.4) is 0 Å². The molecule has 1 aromatic heterocycles. The molecule has 0 aliphatic heterocycles. The molecule has 0 saturated heterocycles. The zero-order valence-electron chi connectivity index (χ0n) is 10.9. The monoisotopic (exact) mass is 270 g/mol. The minimum atomic E-state index is -1.11. The quantitative estimate of drug-likeness (QED) is 0.890. The van der Waals surface area contributed by atoms with Crippen molar-refractivity contribution in [1.29, 1.82) is 0 Å². The lowest BCUT2D eigenvalue weighted by atomic mass is 10.1. The lowest BCUT2D eigenvalue weighted by Gasteiger charge is -2.14. The third kappa shape index (κ3) is 3.20. The van der Waals surface area contributed by atoms with Gasteiger partial charge < -0.3 is 10.4 Å². The molecule has 102 valence electrons. The molecule has 5 heteroatoms. The van der Waals surface area contributed by atoms with Crippen LogP contribution in [0.5, 0.6) is 0 Å². The highest BCUT2D eigenvalue weighted by Gasteiger charge is 2.22. The van der Waals surface area contributed by atoms with Crippen LogP contribution in [0.25, 0.3) is 0 Å². The van der Waals surface area contributed by atoms with Crippen molar-refractivity contribution in [1.82, 2.24) is 10.3 Å². The van der Waals surface area contributed by atoms with Gasteiger partial charge in [-0.25, -0.2) is 4.79 Å². The summed E-state index contributed by atoms with van der Waals surface area (Å²) < 4.78 is 0. The number of aliphatic carboxylic acids is 1. The molecule has 1 aromatic carbocycles. The van der Waals surface area contributed by atoms with E-state index in [1.165, 1.54) is 6.20 Å². The fourth-order valence-corrected chi connectivity index (χ4v) is 1.83. The van der Waals surface area contributed by atoms with E-state index in [-0.39, 0.29) is 0 Å². The van der Waals surface area contributed by atoms with Crippen molar-refractivity contribution in [3.05, 3.63) is 65.5 Å². The predicted octanol–water partition coefficient (Wildman–Crippen LogP) is 1.95. The Morgan fingerprint density at radius 2 is 1.90 bits per heavy atom. The number of amides is 1. The molecule has 1 amide bonds. The second-order valence-corrected chi connectivity index (χ2v) is 4.41. The van der Waals surface area contributed by atoms with Gasteiger partial charge in [0, 0.05) is 12.4 Å². The number of hydrogen-bond acceptors (Lipinski definition) is 3. The van der Waals surface area contributed by atoms with Crippen molar-refractivity contribution in [2.24, 2.45) is 0 Å². The van der Waals surface area contributed by atoms with Gasteiger partial charge in [-0.3, -0.25) is 9.78 Å². The molecule has 1 heterocycles. The van der Waals surface area contributed by atoms with Crippen LogP contribution >= 0.6 is 0 Å². The summed E-state index contributed by atoms with van der Waals surface area (Å²) in [7, 11) is 0. The molecule has 2 N–H and O–H groups in total. The van der Waals surface area contributed by atoms with Gasteiger partial charge in [0.25, 0.3) is 5.91 Å². The highest BCUT2D eigenvalue weighted by molar-refractivity contribution is 5.96. The number of carbonyl (C=O) groups is 2. The van der Waals surface area contributed by atoms with Crippen LogP contribution in [0.2, 0.25) is 0 Å². The van der Waals surface area contributed by atoms with Crippen LogP contribution in [0.1, 0.15) is 27.5 Å². The van der Waals surface area contributed by atoms with E-state index in [9.17, 15) is 14.7 Å². The summed E-state index contributed by atoms with van der Waals surface area (Å²) in [6.07, 6.45) is 3.04. The van der Waals surface area contributed by atoms with Gasteiger partial charge in [0.15, 0.2) is 6.04 Å².